The van der Waals surface area contributed by atoms with E-state index in [9.17, 15) is 0 Å². The third kappa shape index (κ3) is 3.69. The number of nitrogens with zero attached hydrogens (tertiary/aromatic N) is 1. The summed E-state index contributed by atoms with van der Waals surface area (Å²) in [6.07, 6.45) is 0. The van der Waals surface area contributed by atoms with Crippen molar-refractivity contribution in [2.24, 2.45) is 0 Å². The Labute approximate surface area is 76.6 Å². The van der Waals surface area contributed by atoms with E-state index in [1.54, 1.807) is 0 Å². The Balaban J connectivity index is 4.02. The zero-order valence-corrected chi connectivity index (χ0v) is 12.4. The molecule has 0 spiro atoms. The molecule has 1 unspecified atom stereocenters. The molecule has 1 atom stereocenters. The second kappa shape index (κ2) is 5.29. The van der Waals surface area contributed by atoms with E-state index in [0.29, 0.717) is 0 Å². The summed E-state index contributed by atoms with van der Waals surface area (Å²) in [6.45, 7) is 12.3. The van der Waals surface area contributed by atoms with E-state index in [2.05, 4.69) is 44.4 Å². The summed E-state index contributed by atoms with van der Waals surface area (Å²) in [5, 5.41) is 0. The van der Waals surface area contributed by atoms with Gasteiger partial charge in [0.15, 0.2) is 0 Å². The van der Waals surface area contributed by atoms with Crippen molar-refractivity contribution in [2.45, 2.75) is 39.2 Å². The van der Waals surface area contributed by atoms with Crippen molar-refractivity contribution >= 4 is 25.7 Å². The van der Waals surface area contributed by atoms with Gasteiger partial charge in [-0.25, -0.2) is 0 Å². The maximum absolute atomic E-state index is 2.80. The molecule has 0 saturated carbocycles. The zero-order valence-electron chi connectivity index (χ0n) is 8.89. The van der Waals surface area contributed by atoms with Gasteiger partial charge in [-0.1, -0.05) is 39.2 Å². The van der Waals surface area contributed by atoms with Crippen LogP contribution in [0.1, 0.15) is 6.92 Å². The summed E-state index contributed by atoms with van der Waals surface area (Å²) in [7, 11) is 1.21. The summed E-state index contributed by atoms with van der Waals surface area (Å²) in [6, 6.07) is 1.49. The van der Waals surface area contributed by atoms with Gasteiger partial charge in [0.05, 0.1) is 17.4 Å². The van der Waals surface area contributed by atoms with Gasteiger partial charge in [0.2, 0.25) is 0 Å². The van der Waals surface area contributed by atoms with Crippen molar-refractivity contribution in [3.63, 3.8) is 0 Å². The fraction of sp³-hybridized carbons (Fsp3) is 1.00. The summed E-state index contributed by atoms with van der Waals surface area (Å²) < 4.78 is 2.80. The third-order valence-electron chi connectivity index (χ3n) is 2.53. The highest BCUT2D eigenvalue weighted by molar-refractivity contribution is 7.21. The molecule has 0 heterocycles. The molecule has 4 heteroatoms. The van der Waals surface area contributed by atoms with Crippen molar-refractivity contribution in [3.8, 4) is 0 Å². The average molecular weight is 206 g/mol. The lowest BCUT2D eigenvalue weighted by atomic mass is 11.0. The molecule has 1 nitrogen and oxygen atoms in total. The van der Waals surface area contributed by atoms with Gasteiger partial charge in [0.25, 0.3) is 0 Å². The van der Waals surface area contributed by atoms with Crippen LogP contribution in [0.15, 0.2) is 0 Å². The van der Waals surface area contributed by atoms with Gasteiger partial charge in [-0.15, -0.1) is 0 Å². The molecule has 0 aromatic carbocycles. The largest absolute Gasteiger partial charge is 0.355 e. The third-order valence-corrected chi connectivity index (χ3v) is 19.0. The first kappa shape index (κ1) is 11.6. The van der Waals surface area contributed by atoms with Gasteiger partial charge < -0.3 is 4.23 Å². The lowest BCUT2D eigenvalue weighted by Crippen LogP contribution is -2.50. The highest BCUT2D eigenvalue weighted by atomic mass is 29.2. The zero-order chi connectivity index (χ0) is 9.02. The normalized spacial score (nSPS) is 15.0. The number of rotatable bonds is 4. The van der Waals surface area contributed by atoms with Crippen LogP contribution in [0.25, 0.3) is 0 Å². The highest BCUT2D eigenvalue weighted by Crippen LogP contribution is 2.04. The molecule has 0 saturated heterocycles. The molecule has 0 aromatic rings. The van der Waals surface area contributed by atoms with Gasteiger partial charge in [0, 0.05) is 8.31 Å². The summed E-state index contributed by atoms with van der Waals surface area (Å²) >= 11 is 0. The van der Waals surface area contributed by atoms with Gasteiger partial charge in [-0.05, 0) is 7.05 Å². The Morgan fingerprint density at radius 2 is 1.55 bits per heavy atom. The van der Waals surface area contributed by atoms with Crippen LogP contribution in [0.5, 0.6) is 0 Å². The SMILES string of the molecule is CC[SiH](N(C)[SiH](C)C)[SiH](C)C. The lowest BCUT2D eigenvalue weighted by molar-refractivity contribution is 0.811. The van der Waals surface area contributed by atoms with E-state index in [1.165, 1.54) is 6.04 Å². The van der Waals surface area contributed by atoms with Crippen LogP contribution >= 0.6 is 0 Å². The van der Waals surface area contributed by atoms with E-state index in [1.807, 2.05) is 0 Å². The standard InChI is InChI=1S/C7H23NSi3/c1-7-11(10(5)6)8(2)9(3)4/h9-11H,7H2,1-6H3. The Kier molecular flexibility index (Phi) is 5.58. The molecule has 0 radical (unpaired) electrons. The van der Waals surface area contributed by atoms with Crippen LogP contribution in [0.4, 0.5) is 0 Å². The second-order valence-corrected chi connectivity index (χ2v) is 19.1. The van der Waals surface area contributed by atoms with E-state index < -0.39 is 17.4 Å². The van der Waals surface area contributed by atoms with Crippen LogP contribution < -0.4 is 0 Å². The first-order valence-corrected chi connectivity index (χ1v) is 13.9. The molecule has 68 valence electrons. The maximum atomic E-state index is 2.80. The van der Waals surface area contributed by atoms with E-state index in [0.717, 1.165) is 0 Å². The fourth-order valence-corrected chi connectivity index (χ4v) is 19.6. The first-order chi connectivity index (χ1) is 5.00. The topological polar surface area (TPSA) is 3.24 Å². The van der Waals surface area contributed by atoms with Gasteiger partial charge in [-0.2, -0.15) is 0 Å². The quantitative estimate of drug-likeness (QED) is 0.624. The highest BCUT2D eigenvalue weighted by Gasteiger charge is 2.21. The molecule has 0 rings (SSSR count). The maximum Gasteiger partial charge on any atom is 0.0976 e. The van der Waals surface area contributed by atoms with Crippen LogP contribution in [-0.2, 0) is 0 Å². The van der Waals surface area contributed by atoms with Gasteiger partial charge in [-0.3, -0.25) is 0 Å². The van der Waals surface area contributed by atoms with Crippen LogP contribution in [0.3, 0.4) is 0 Å². The van der Waals surface area contributed by atoms with E-state index in [4.69, 9.17) is 0 Å². The summed E-state index contributed by atoms with van der Waals surface area (Å²) in [4.78, 5) is 0. The summed E-state index contributed by atoms with van der Waals surface area (Å²) in [5.74, 6) is 0. The molecule has 0 fully saturated rings. The van der Waals surface area contributed by atoms with Crippen molar-refractivity contribution in [1.82, 2.24) is 4.23 Å². The van der Waals surface area contributed by atoms with Crippen LogP contribution in [0, 0.1) is 0 Å². The summed E-state index contributed by atoms with van der Waals surface area (Å²) in [5.41, 5.74) is 0. The molecule has 0 aliphatic heterocycles. The molecular weight excluding hydrogens is 182 g/mol. The molecule has 0 N–H and O–H groups in total. The Hall–Kier alpha value is 0.611. The van der Waals surface area contributed by atoms with E-state index >= 15 is 0 Å². The Morgan fingerprint density at radius 3 is 1.64 bits per heavy atom. The minimum Gasteiger partial charge on any atom is -0.355 e. The predicted molar refractivity (Wildman–Crippen MR) is 63.1 cm³/mol. The van der Waals surface area contributed by atoms with Crippen molar-refractivity contribution in [2.75, 3.05) is 7.05 Å². The monoisotopic (exact) mass is 205 g/mol. The molecular formula is C7H23NSi3. The van der Waals surface area contributed by atoms with Crippen molar-refractivity contribution < 1.29 is 0 Å². The van der Waals surface area contributed by atoms with Crippen LogP contribution in [-0.4, -0.2) is 37.0 Å². The average Bonchev–Trinajstić information content (AvgIpc) is 1.88. The van der Waals surface area contributed by atoms with Gasteiger partial charge >= 0.3 is 0 Å². The van der Waals surface area contributed by atoms with Gasteiger partial charge in [0.1, 0.15) is 0 Å². The molecule has 0 aliphatic carbocycles. The number of hydrogen-bond acceptors (Lipinski definition) is 1. The van der Waals surface area contributed by atoms with Crippen LogP contribution in [0.2, 0.25) is 32.2 Å². The molecule has 0 aliphatic rings. The fourth-order valence-electron chi connectivity index (χ4n) is 1.61. The van der Waals surface area contributed by atoms with E-state index in [-0.39, 0.29) is 8.31 Å². The molecule has 0 aromatic heterocycles. The number of hydrogen-bond donors (Lipinski definition) is 0. The minimum absolute atomic E-state index is 0.300. The molecule has 0 amide bonds. The second-order valence-electron chi connectivity index (χ2n) is 3.98. The van der Waals surface area contributed by atoms with Crippen molar-refractivity contribution in [1.29, 1.82) is 0 Å². The first-order valence-electron chi connectivity index (χ1n) is 4.72. The smallest absolute Gasteiger partial charge is 0.0976 e. The minimum atomic E-state index is -0.466. The Bertz CT molecular complexity index is 106. The predicted octanol–water partition coefficient (Wildman–Crippen LogP) is 1.21. The molecule has 0 bridgehead atoms. The lowest BCUT2D eigenvalue weighted by Gasteiger charge is -2.31. The molecule has 11 heavy (non-hydrogen) atoms. The van der Waals surface area contributed by atoms with Crippen molar-refractivity contribution in [3.05, 3.63) is 0 Å². The Morgan fingerprint density at radius 1 is 1.09 bits per heavy atom.